The molecule has 2 aromatic heterocycles. The van der Waals surface area contributed by atoms with Crippen LogP contribution in [-0.2, 0) is 10.7 Å². The Bertz CT molecular complexity index is 1290. The van der Waals surface area contributed by atoms with Crippen LogP contribution in [0.25, 0.3) is 11.1 Å². The maximum atomic E-state index is 13.7. The third-order valence-corrected chi connectivity index (χ3v) is 6.83. The van der Waals surface area contributed by atoms with Crippen molar-refractivity contribution in [3.63, 3.8) is 0 Å². The highest BCUT2D eigenvalue weighted by Crippen LogP contribution is 2.41. The minimum Gasteiger partial charge on any atom is -0.388 e. The summed E-state index contributed by atoms with van der Waals surface area (Å²) in [5, 5.41) is 13.5. The summed E-state index contributed by atoms with van der Waals surface area (Å²) in [6.45, 7) is 4.70. The average Bonchev–Trinajstić information content (AvgIpc) is 3.10. The largest absolute Gasteiger partial charge is 0.388 e. The van der Waals surface area contributed by atoms with Crippen LogP contribution < -0.4 is 10.2 Å². The molecular weight excluding hydrogens is 466 g/mol. The molecule has 0 saturated carbocycles. The number of amides is 1. The van der Waals surface area contributed by atoms with Crippen LogP contribution in [0.1, 0.15) is 53.2 Å². The monoisotopic (exact) mass is 494 g/mol. The van der Waals surface area contributed by atoms with E-state index in [1.165, 1.54) is 18.5 Å². The molecule has 0 bridgehead atoms. The van der Waals surface area contributed by atoms with Crippen molar-refractivity contribution in [3.05, 3.63) is 71.3 Å². The molecule has 36 heavy (non-hydrogen) atoms. The number of pyridine rings is 2. The van der Waals surface area contributed by atoms with E-state index >= 15 is 0 Å². The second-order valence-electron chi connectivity index (χ2n) is 9.40. The minimum atomic E-state index is -3.15. The molecule has 2 aliphatic heterocycles. The van der Waals surface area contributed by atoms with Gasteiger partial charge in [0.15, 0.2) is 0 Å². The number of benzene rings is 1. The highest BCUT2D eigenvalue weighted by molar-refractivity contribution is 6.04. The first-order chi connectivity index (χ1) is 17.2. The van der Waals surface area contributed by atoms with Crippen molar-refractivity contribution in [1.82, 2.24) is 9.97 Å². The van der Waals surface area contributed by atoms with Gasteiger partial charge >= 0.3 is 0 Å². The van der Waals surface area contributed by atoms with Gasteiger partial charge in [-0.3, -0.25) is 14.8 Å². The summed E-state index contributed by atoms with van der Waals surface area (Å²) >= 11 is 0. The maximum absolute atomic E-state index is 13.7. The predicted octanol–water partition coefficient (Wildman–Crippen LogP) is 4.85. The van der Waals surface area contributed by atoms with E-state index in [9.17, 15) is 18.7 Å². The first kappa shape index (κ1) is 24.3. The zero-order valence-corrected chi connectivity index (χ0v) is 20.2. The number of halogens is 2. The number of aryl methyl sites for hydroxylation is 1. The Kier molecular flexibility index (Phi) is 6.44. The Morgan fingerprint density at radius 2 is 2.03 bits per heavy atom. The zero-order valence-electron chi connectivity index (χ0n) is 20.2. The summed E-state index contributed by atoms with van der Waals surface area (Å²) in [6, 6.07) is 10.5. The molecule has 2 N–H and O–H groups in total. The fourth-order valence-electron chi connectivity index (χ4n) is 4.92. The van der Waals surface area contributed by atoms with Crippen molar-refractivity contribution in [1.29, 1.82) is 0 Å². The molecule has 1 saturated heterocycles. The minimum absolute atomic E-state index is 0.0841. The summed E-state index contributed by atoms with van der Waals surface area (Å²) < 4.78 is 33.0. The molecule has 2 unspecified atom stereocenters. The molecule has 0 aliphatic carbocycles. The SMILES string of the molecule is Cc1ncc(NC(=O)c2ccnc(C(C)(F)F)c2)cc1-c1ccc2c(c1)N1CCOCCC1CC2O. The topological polar surface area (TPSA) is 87.6 Å². The lowest BCUT2D eigenvalue weighted by atomic mass is 9.89. The van der Waals surface area contributed by atoms with Gasteiger partial charge in [0, 0.05) is 60.4 Å². The number of rotatable bonds is 4. The molecule has 1 amide bonds. The van der Waals surface area contributed by atoms with Gasteiger partial charge in [-0.05, 0) is 49.6 Å². The summed E-state index contributed by atoms with van der Waals surface area (Å²) in [5.41, 5.74) is 4.46. The van der Waals surface area contributed by atoms with Crippen molar-refractivity contribution in [3.8, 4) is 11.1 Å². The number of nitrogens with one attached hydrogen (secondary N) is 1. The number of hydrogen-bond donors (Lipinski definition) is 2. The lowest BCUT2D eigenvalue weighted by molar-refractivity contribution is 0.0127. The Balaban J connectivity index is 1.44. The number of ether oxygens (including phenoxy) is 1. The number of hydrogen-bond acceptors (Lipinski definition) is 6. The molecule has 0 spiro atoms. The Morgan fingerprint density at radius 3 is 2.83 bits per heavy atom. The molecule has 188 valence electrons. The molecule has 3 aromatic rings. The molecule has 5 rings (SSSR count). The molecule has 0 radical (unpaired) electrons. The van der Waals surface area contributed by atoms with Gasteiger partial charge in [-0.1, -0.05) is 12.1 Å². The molecule has 7 nitrogen and oxygen atoms in total. The third kappa shape index (κ3) is 4.81. The van der Waals surface area contributed by atoms with E-state index in [1.807, 2.05) is 25.1 Å². The molecule has 1 aromatic carbocycles. The Labute approximate surface area is 208 Å². The lowest BCUT2D eigenvalue weighted by Gasteiger charge is -2.39. The smallest absolute Gasteiger partial charge is 0.286 e. The standard InChI is InChI=1S/C27H28F2N4O3/c1-16-22(13-19(15-31-16)32-26(35)18-5-7-30-25(12-18)27(2,28)29)17-3-4-21-23(11-17)33-8-10-36-9-6-20(33)14-24(21)34/h3-5,7,11-13,15,20,24,34H,6,8-10,14H2,1-2H3,(H,32,35). The number of nitrogens with zero attached hydrogens (tertiary/aromatic N) is 3. The van der Waals surface area contributed by atoms with Gasteiger partial charge in [-0.25, -0.2) is 0 Å². The van der Waals surface area contributed by atoms with E-state index in [0.717, 1.165) is 54.0 Å². The highest BCUT2D eigenvalue weighted by Gasteiger charge is 2.33. The van der Waals surface area contributed by atoms with Crippen molar-refractivity contribution in [2.45, 2.75) is 44.8 Å². The van der Waals surface area contributed by atoms with Crippen molar-refractivity contribution in [2.75, 3.05) is 30.0 Å². The van der Waals surface area contributed by atoms with E-state index in [-0.39, 0.29) is 11.6 Å². The van der Waals surface area contributed by atoms with Crippen molar-refractivity contribution < 1.29 is 23.4 Å². The molecule has 2 atom stereocenters. The normalized spacial score (nSPS) is 19.8. The van der Waals surface area contributed by atoms with Crippen LogP contribution in [0.5, 0.6) is 0 Å². The second-order valence-corrected chi connectivity index (χ2v) is 9.40. The zero-order chi connectivity index (χ0) is 25.4. The first-order valence-electron chi connectivity index (χ1n) is 12.0. The van der Waals surface area contributed by atoms with Gasteiger partial charge in [-0.15, -0.1) is 0 Å². The van der Waals surface area contributed by atoms with Gasteiger partial charge in [0.25, 0.3) is 11.8 Å². The van der Waals surface area contributed by atoms with Crippen LogP contribution in [0.2, 0.25) is 0 Å². The Hall–Kier alpha value is -3.43. The van der Waals surface area contributed by atoms with Crippen LogP contribution in [0.4, 0.5) is 20.2 Å². The van der Waals surface area contributed by atoms with Crippen LogP contribution >= 0.6 is 0 Å². The van der Waals surface area contributed by atoms with Crippen molar-refractivity contribution >= 4 is 17.3 Å². The number of carbonyl (C=O) groups is 1. The number of anilines is 2. The average molecular weight is 495 g/mol. The van der Waals surface area contributed by atoms with Crippen molar-refractivity contribution in [2.24, 2.45) is 0 Å². The van der Waals surface area contributed by atoms with Gasteiger partial charge in [0.05, 0.1) is 24.6 Å². The fourth-order valence-corrected chi connectivity index (χ4v) is 4.92. The number of aliphatic hydroxyl groups is 1. The molecule has 4 heterocycles. The predicted molar refractivity (Wildman–Crippen MR) is 132 cm³/mol. The lowest BCUT2D eigenvalue weighted by Crippen LogP contribution is -2.41. The summed E-state index contributed by atoms with van der Waals surface area (Å²) in [6.07, 6.45) is 3.75. The summed E-state index contributed by atoms with van der Waals surface area (Å²) in [7, 11) is 0. The summed E-state index contributed by atoms with van der Waals surface area (Å²) in [4.78, 5) is 23.2. The molecule has 2 aliphatic rings. The number of aliphatic hydroxyl groups excluding tert-OH is 1. The molecular formula is C27H28F2N4O3. The number of aromatic nitrogens is 2. The van der Waals surface area contributed by atoms with Gasteiger partial charge in [0.2, 0.25) is 0 Å². The summed E-state index contributed by atoms with van der Waals surface area (Å²) in [5.74, 6) is -3.67. The number of fused-ring (bicyclic) bond motifs is 3. The number of alkyl halides is 2. The van der Waals surface area contributed by atoms with Crippen LogP contribution in [0, 0.1) is 6.92 Å². The third-order valence-electron chi connectivity index (χ3n) is 6.83. The van der Waals surface area contributed by atoms with E-state index < -0.39 is 23.6 Å². The van der Waals surface area contributed by atoms with Crippen LogP contribution in [0.15, 0.2) is 48.8 Å². The van der Waals surface area contributed by atoms with E-state index in [2.05, 4.69) is 26.3 Å². The van der Waals surface area contributed by atoms with E-state index in [1.54, 1.807) is 0 Å². The Morgan fingerprint density at radius 1 is 1.19 bits per heavy atom. The molecule has 1 fully saturated rings. The van der Waals surface area contributed by atoms with Crippen LogP contribution in [-0.4, -0.2) is 46.8 Å². The highest BCUT2D eigenvalue weighted by atomic mass is 19.3. The van der Waals surface area contributed by atoms with Crippen LogP contribution in [0.3, 0.4) is 0 Å². The maximum Gasteiger partial charge on any atom is 0.286 e. The quantitative estimate of drug-likeness (QED) is 0.539. The van der Waals surface area contributed by atoms with Gasteiger partial charge in [-0.2, -0.15) is 8.78 Å². The van der Waals surface area contributed by atoms with E-state index in [0.29, 0.717) is 25.3 Å². The van der Waals surface area contributed by atoms with Gasteiger partial charge in [0.1, 0.15) is 5.69 Å². The van der Waals surface area contributed by atoms with Gasteiger partial charge < -0.3 is 20.1 Å². The number of carbonyl (C=O) groups excluding carboxylic acids is 1. The van der Waals surface area contributed by atoms with E-state index in [4.69, 9.17) is 4.74 Å². The molecule has 9 heteroatoms. The first-order valence-corrected chi connectivity index (χ1v) is 12.0. The second kappa shape index (κ2) is 9.55. The fraction of sp³-hybridized carbons (Fsp3) is 0.370.